The average molecular weight is 493 g/mol. The minimum atomic E-state index is 0.856. The summed E-state index contributed by atoms with van der Waals surface area (Å²) in [6.45, 7) is 6.18. The van der Waals surface area contributed by atoms with Gasteiger partial charge in [0.2, 0.25) is 0 Å². The van der Waals surface area contributed by atoms with Crippen LogP contribution in [-0.4, -0.2) is 19.1 Å². The summed E-state index contributed by atoms with van der Waals surface area (Å²) in [6.07, 6.45) is 7.51. The highest BCUT2D eigenvalue weighted by molar-refractivity contribution is 6.10. The predicted molar refractivity (Wildman–Crippen MR) is 159 cm³/mol. The van der Waals surface area contributed by atoms with Gasteiger partial charge in [-0.15, -0.1) is 0 Å². The van der Waals surface area contributed by atoms with Crippen LogP contribution in [0, 0.1) is 0 Å². The molecule has 0 aliphatic rings. The van der Waals surface area contributed by atoms with Gasteiger partial charge < -0.3 is 9.13 Å². The first-order valence-corrected chi connectivity index (χ1v) is 13.3. The summed E-state index contributed by atoms with van der Waals surface area (Å²) in [6, 6.07) is 31.2. The van der Waals surface area contributed by atoms with Gasteiger partial charge in [-0.2, -0.15) is 0 Å². The minimum Gasteiger partial charge on any atom is -0.341 e. The van der Waals surface area contributed by atoms with Crippen LogP contribution in [0.2, 0.25) is 0 Å². The highest BCUT2D eigenvalue weighted by atomic mass is 15.0. The van der Waals surface area contributed by atoms with E-state index in [1.54, 1.807) is 0 Å². The molecule has 0 saturated heterocycles. The number of nitrogens with zero attached hydrogens (tertiary/aromatic N) is 4. The summed E-state index contributed by atoms with van der Waals surface area (Å²) in [4.78, 5) is 8.55. The van der Waals surface area contributed by atoms with Gasteiger partial charge in [0.25, 0.3) is 0 Å². The molecule has 0 fully saturated rings. The van der Waals surface area contributed by atoms with E-state index in [1.807, 2.05) is 24.8 Å². The van der Waals surface area contributed by atoms with Crippen LogP contribution < -0.4 is 0 Å². The van der Waals surface area contributed by atoms with E-state index in [4.69, 9.17) is 0 Å². The molecule has 0 unspecified atom stereocenters. The normalized spacial score (nSPS) is 11.6. The van der Waals surface area contributed by atoms with E-state index in [9.17, 15) is 0 Å². The fraction of sp³-hybridized carbons (Fsp3) is 0.118. The Labute approximate surface area is 221 Å². The zero-order valence-corrected chi connectivity index (χ0v) is 21.6. The Morgan fingerprint density at radius 1 is 0.500 bits per heavy atom. The van der Waals surface area contributed by atoms with Crippen LogP contribution in [0.25, 0.3) is 65.9 Å². The maximum absolute atomic E-state index is 4.27. The molecule has 0 aliphatic carbocycles. The summed E-state index contributed by atoms with van der Waals surface area (Å²) >= 11 is 0. The maximum atomic E-state index is 4.27. The van der Waals surface area contributed by atoms with Crippen LogP contribution in [0.4, 0.5) is 0 Å². The quantitative estimate of drug-likeness (QED) is 0.246. The van der Waals surface area contributed by atoms with Gasteiger partial charge in [0.15, 0.2) is 0 Å². The number of pyridine rings is 2. The van der Waals surface area contributed by atoms with Crippen LogP contribution in [0.15, 0.2) is 110 Å². The van der Waals surface area contributed by atoms with Crippen molar-refractivity contribution in [2.75, 3.05) is 0 Å². The molecule has 7 aromatic rings. The molecule has 0 saturated carbocycles. The van der Waals surface area contributed by atoms with E-state index in [2.05, 4.69) is 118 Å². The fourth-order valence-corrected chi connectivity index (χ4v) is 6.02. The van der Waals surface area contributed by atoms with Gasteiger partial charge in [0.1, 0.15) is 0 Å². The molecular formula is C34H28N4. The third kappa shape index (κ3) is 3.45. The zero-order chi connectivity index (χ0) is 25.6. The first kappa shape index (κ1) is 22.5. The van der Waals surface area contributed by atoms with E-state index in [1.165, 1.54) is 65.9 Å². The summed E-state index contributed by atoms with van der Waals surface area (Å²) in [5.74, 6) is 0. The third-order valence-electron chi connectivity index (χ3n) is 7.74. The summed E-state index contributed by atoms with van der Waals surface area (Å²) in [5.41, 5.74) is 9.64. The number of hydrogen-bond donors (Lipinski definition) is 0. The summed E-state index contributed by atoms with van der Waals surface area (Å²) < 4.78 is 4.90. The molecule has 3 aromatic heterocycles. The Balaban J connectivity index is 1.78. The van der Waals surface area contributed by atoms with E-state index >= 15 is 0 Å². The topological polar surface area (TPSA) is 35.6 Å². The highest BCUT2D eigenvalue weighted by Crippen LogP contribution is 2.37. The van der Waals surface area contributed by atoms with Crippen molar-refractivity contribution in [2.45, 2.75) is 26.9 Å². The van der Waals surface area contributed by atoms with E-state index in [-0.39, 0.29) is 0 Å². The van der Waals surface area contributed by atoms with Crippen molar-refractivity contribution in [3.05, 3.63) is 110 Å². The molecule has 184 valence electrons. The number of aryl methyl sites for hydroxylation is 2. The van der Waals surface area contributed by atoms with Crippen molar-refractivity contribution >= 4 is 43.6 Å². The summed E-state index contributed by atoms with van der Waals surface area (Å²) in [5, 5.41) is 5.00. The lowest BCUT2D eigenvalue weighted by Crippen LogP contribution is -2.03. The molecule has 0 atom stereocenters. The molecule has 4 bridgehead atoms. The molecule has 4 nitrogen and oxygen atoms in total. The van der Waals surface area contributed by atoms with Crippen molar-refractivity contribution < 1.29 is 0 Å². The first-order valence-electron chi connectivity index (χ1n) is 13.3. The predicted octanol–water partition coefficient (Wildman–Crippen LogP) is 8.63. The zero-order valence-electron chi connectivity index (χ0n) is 21.6. The van der Waals surface area contributed by atoms with Crippen molar-refractivity contribution in [2.24, 2.45) is 0 Å². The van der Waals surface area contributed by atoms with Gasteiger partial charge in [-0.1, -0.05) is 24.3 Å². The van der Waals surface area contributed by atoms with Crippen molar-refractivity contribution in [3.8, 4) is 22.3 Å². The number of fused-ring (bicyclic) bond motifs is 2. The second-order valence-corrected chi connectivity index (χ2v) is 9.69. The molecule has 0 N–H and O–H groups in total. The molecule has 3 heterocycles. The highest BCUT2D eigenvalue weighted by Gasteiger charge is 2.14. The smallest absolute Gasteiger partial charge is 0.0491 e. The summed E-state index contributed by atoms with van der Waals surface area (Å²) in [7, 11) is 0. The molecule has 4 aromatic carbocycles. The second kappa shape index (κ2) is 9.00. The Morgan fingerprint density at radius 3 is 1.32 bits per heavy atom. The van der Waals surface area contributed by atoms with Crippen LogP contribution in [0.3, 0.4) is 0 Å². The number of hydrogen-bond acceptors (Lipinski definition) is 2. The number of benzene rings is 4. The van der Waals surface area contributed by atoms with E-state index < -0.39 is 0 Å². The third-order valence-corrected chi connectivity index (χ3v) is 7.74. The lowest BCUT2D eigenvalue weighted by molar-refractivity contribution is 0.816. The number of aromatic nitrogens is 4. The second-order valence-electron chi connectivity index (χ2n) is 9.69. The van der Waals surface area contributed by atoms with Gasteiger partial charge in [-0.05, 0) is 108 Å². The van der Waals surface area contributed by atoms with Crippen LogP contribution in [0.5, 0.6) is 0 Å². The minimum absolute atomic E-state index is 0.856. The van der Waals surface area contributed by atoms with Gasteiger partial charge >= 0.3 is 0 Å². The van der Waals surface area contributed by atoms with Gasteiger partial charge in [0.05, 0.1) is 0 Å². The molecule has 7 rings (SSSR count). The van der Waals surface area contributed by atoms with E-state index in [0.717, 1.165) is 13.1 Å². The molecule has 0 aliphatic heterocycles. The van der Waals surface area contributed by atoms with Crippen LogP contribution >= 0.6 is 0 Å². The monoisotopic (exact) mass is 492 g/mol. The van der Waals surface area contributed by atoms with E-state index in [0.29, 0.717) is 0 Å². The molecule has 0 spiro atoms. The van der Waals surface area contributed by atoms with Crippen molar-refractivity contribution in [1.82, 2.24) is 19.1 Å². The Morgan fingerprint density at radius 2 is 0.921 bits per heavy atom. The van der Waals surface area contributed by atoms with Gasteiger partial charge in [-0.25, -0.2) is 0 Å². The Kier molecular flexibility index (Phi) is 5.33. The van der Waals surface area contributed by atoms with Gasteiger partial charge in [-0.3, -0.25) is 9.97 Å². The molecule has 4 heteroatoms. The Bertz CT molecular complexity index is 1830. The van der Waals surface area contributed by atoms with Crippen LogP contribution in [0.1, 0.15) is 13.8 Å². The first-order chi connectivity index (χ1) is 18.8. The van der Waals surface area contributed by atoms with Crippen molar-refractivity contribution in [1.29, 1.82) is 0 Å². The molecule has 0 radical (unpaired) electrons. The van der Waals surface area contributed by atoms with Crippen LogP contribution in [-0.2, 0) is 13.1 Å². The largest absolute Gasteiger partial charge is 0.341 e. The number of rotatable bonds is 4. The Hall–Kier alpha value is -4.70. The standard InChI is InChI=1S/C34H28N4/c1-3-37-25-19-29(23-11-15-35-16-12-23)28-8-6-10-34(32(28)21-25)38(4-2)26-20-30(24-13-17-36-18-14-24)27-7-5-9-33(37)31(27)22-26/h5-22H,3-4H2,1-2H3. The molecular weight excluding hydrogens is 464 g/mol. The lowest BCUT2D eigenvalue weighted by atomic mass is 9.96. The van der Waals surface area contributed by atoms with Crippen molar-refractivity contribution in [3.63, 3.8) is 0 Å². The maximum Gasteiger partial charge on any atom is 0.0491 e. The molecule has 38 heavy (non-hydrogen) atoms. The SMILES string of the molecule is CCn1c2cc(-c3ccncc3)c3cccc(c3c2)n(CC)c2cc(-c3ccncc3)c3cccc1c3c2. The van der Waals surface area contributed by atoms with Gasteiger partial charge in [0, 0.05) is 70.7 Å². The lowest BCUT2D eigenvalue weighted by Gasteiger charge is -2.19. The average Bonchev–Trinajstić information content (AvgIpc) is 2.98. The molecule has 0 amide bonds. The fourth-order valence-electron chi connectivity index (χ4n) is 6.02.